The summed E-state index contributed by atoms with van der Waals surface area (Å²) in [4.78, 5) is 20.7. The standard InChI is InChI=1S/C8H6O4.3C3H7O.Ti/c9-7(10)5-1-2-6(4-3-5)8(11)12;3*1-3(2)4;/h1-4H,(H,9,10)(H,11,12);3*3H,1-2H3;/q;3*-1;+3. The zero-order chi connectivity index (χ0) is 19.6. The van der Waals surface area contributed by atoms with Crippen molar-refractivity contribution in [2.45, 2.75) is 59.9 Å². The first-order valence-corrected chi connectivity index (χ1v) is 9.87. The van der Waals surface area contributed by atoms with Gasteiger partial charge in [0.1, 0.15) is 0 Å². The maximum Gasteiger partial charge on any atom is 0.335 e. The molecule has 1 rings (SSSR count). The molecule has 0 saturated heterocycles. The second-order valence-electron chi connectivity index (χ2n) is 5.94. The molecule has 0 saturated carbocycles. The van der Waals surface area contributed by atoms with Crippen molar-refractivity contribution in [2.75, 3.05) is 0 Å². The molecule has 0 spiro atoms. The van der Waals surface area contributed by atoms with Crippen molar-refractivity contribution >= 4 is 11.9 Å². The first-order chi connectivity index (χ1) is 11.5. The van der Waals surface area contributed by atoms with E-state index in [2.05, 4.69) is 0 Å². The number of carboxylic acid groups (broad SMARTS) is 2. The van der Waals surface area contributed by atoms with E-state index >= 15 is 0 Å². The molecule has 8 heteroatoms. The summed E-state index contributed by atoms with van der Waals surface area (Å²) in [6.07, 6.45) is 0.562. The minimum Gasteiger partial charge on any atom is -0.478 e. The predicted molar refractivity (Wildman–Crippen MR) is 89.0 cm³/mol. The van der Waals surface area contributed by atoms with Gasteiger partial charge in [-0.05, 0) is 24.3 Å². The number of carboxylic acids is 2. The van der Waals surface area contributed by atoms with Gasteiger partial charge >= 0.3 is 101 Å². The second kappa shape index (κ2) is 12.2. The van der Waals surface area contributed by atoms with E-state index in [4.69, 9.17) is 20.2 Å². The molecule has 0 aliphatic carbocycles. The van der Waals surface area contributed by atoms with Crippen LogP contribution in [-0.4, -0.2) is 40.5 Å². The SMILES string of the molecule is CC(C)[O][Ti]([O]C(C)C)[O]C(C)C.O=C(O)c1ccc(C(=O)O)cc1. The van der Waals surface area contributed by atoms with Crippen molar-refractivity contribution in [3.8, 4) is 0 Å². The van der Waals surface area contributed by atoms with E-state index in [1.54, 1.807) is 0 Å². The molecule has 0 aromatic heterocycles. The molecule has 141 valence electrons. The Hall–Kier alpha value is -1.25. The largest absolute Gasteiger partial charge is 0.478 e. The van der Waals surface area contributed by atoms with E-state index in [1.807, 2.05) is 41.5 Å². The third kappa shape index (κ3) is 11.9. The van der Waals surface area contributed by atoms with Crippen molar-refractivity contribution in [1.82, 2.24) is 0 Å². The number of hydrogen-bond donors (Lipinski definition) is 2. The maximum atomic E-state index is 10.3. The fourth-order valence-electron chi connectivity index (χ4n) is 1.42. The van der Waals surface area contributed by atoms with Gasteiger partial charge in [0.25, 0.3) is 0 Å². The molecule has 2 N–H and O–H groups in total. The van der Waals surface area contributed by atoms with Gasteiger partial charge in [0, 0.05) is 0 Å². The van der Waals surface area contributed by atoms with Gasteiger partial charge < -0.3 is 10.2 Å². The zero-order valence-electron chi connectivity index (χ0n) is 15.5. The Morgan fingerprint density at radius 3 is 1.12 bits per heavy atom. The molecule has 1 aromatic carbocycles. The third-order valence-electron chi connectivity index (χ3n) is 2.37. The number of carbonyl (C=O) groups is 2. The van der Waals surface area contributed by atoms with Gasteiger partial charge in [-0.15, -0.1) is 0 Å². The van der Waals surface area contributed by atoms with Crippen LogP contribution >= 0.6 is 0 Å². The summed E-state index contributed by atoms with van der Waals surface area (Å²) < 4.78 is 16.8. The average Bonchev–Trinajstić information content (AvgIpc) is 2.45. The molecular formula is C17H27O7Ti. The van der Waals surface area contributed by atoms with Crippen LogP contribution < -0.4 is 0 Å². The summed E-state index contributed by atoms with van der Waals surface area (Å²) in [5.41, 5.74) is 0.167. The predicted octanol–water partition coefficient (Wildman–Crippen LogP) is 3.71. The first kappa shape index (κ1) is 23.8. The molecule has 0 atom stereocenters. The molecule has 25 heavy (non-hydrogen) atoms. The fourth-order valence-corrected chi connectivity index (χ4v) is 3.48. The van der Waals surface area contributed by atoms with E-state index in [0.717, 1.165) is 0 Å². The number of hydrogen-bond acceptors (Lipinski definition) is 5. The Bertz CT molecular complexity index is 470. The number of benzene rings is 1. The Morgan fingerprint density at radius 2 is 0.960 bits per heavy atom. The molecule has 0 radical (unpaired) electrons. The van der Waals surface area contributed by atoms with Crippen molar-refractivity contribution < 1.29 is 48.8 Å². The minimum absolute atomic E-state index is 0.0833. The molecule has 0 fully saturated rings. The monoisotopic (exact) mass is 391 g/mol. The topological polar surface area (TPSA) is 102 Å². The molecule has 0 bridgehead atoms. The van der Waals surface area contributed by atoms with Gasteiger partial charge in [-0.2, -0.15) is 0 Å². The summed E-state index contributed by atoms with van der Waals surface area (Å²) in [6, 6.07) is 5.02. The Labute approximate surface area is 156 Å². The normalized spacial score (nSPS) is 10.6. The Morgan fingerprint density at radius 1 is 0.720 bits per heavy atom. The summed E-state index contributed by atoms with van der Waals surface area (Å²) >= 11 is -2.18. The minimum atomic E-state index is -2.18. The second-order valence-corrected chi connectivity index (χ2v) is 7.82. The van der Waals surface area contributed by atoms with Crippen LogP contribution in [0, 0.1) is 0 Å². The Kier molecular flexibility index (Phi) is 11.6. The van der Waals surface area contributed by atoms with Crippen molar-refractivity contribution in [2.24, 2.45) is 0 Å². The van der Waals surface area contributed by atoms with Gasteiger partial charge in [0.15, 0.2) is 0 Å². The molecule has 0 amide bonds. The van der Waals surface area contributed by atoms with Crippen LogP contribution in [0.1, 0.15) is 62.3 Å². The summed E-state index contributed by atoms with van der Waals surface area (Å²) in [5, 5.41) is 16.9. The molecule has 1 aromatic rings. The van der Waals surface area contributed by atoms with Gasteiger partial charge in [-0.3, -0.25) is 0 Å². The molecular weight excluding hydrogens is 364 g/mol. The fraction of sp³-hybridized carbons (Fsp3) is 0.529. The molecule has 0 heterocycles. The van der Waals surface area contributed by atoms with Crippen LogP contribution in [0.25, 0.3) is 0 Å². The summed E-state index contributed by atoms with van der Waals surface area (Å²) in [7, 11) is 0. The smallest absolute Gasteiger partial charge is 0.335 e. The molecule has 0 unspecified atom stereocenters. The van der Waals surface area contributed by atoms with Crippen molar-refractivity contribution in [1.29, 1.82) is 0 Å². The van der Waals surface area contributed by atoms with E-state index in [9.17, 15) is 9.59 Å². The Balaban J connectivity index is 0.000000462. The third-order valence-corrected chi connectivity index (χ3v) is 5.48. The van der Waals surface area contributed by atoms with Crippen LogP contribution in [-0.2, 0) is 29.0 Å². The van der Waals surface area contributed by atoms with E-state index < -0.39 is 31.0 Å². The quantitative estimate of drug-likeness (QED) is 0.652. The summed E-state index contributed by atoms with van der Waals surface area (Å²) in [6.45, 7) is 12.0. The van der Waals surface area contributed by atoms with Crippen molar-refractivity contribution in [3.05, 3.63) is 35.4 Å². The average molecular weight is 391 g/mol. The van der Waals surface area contributed by atoms with E-state index in [-0.39, 0.29) is 29.4 Å². The van der Waals surface area contributed by atoms with E-state index in [0.29, 0.717) is 0 Å². The van der Waals surface area contributed by atoms with Crippen LogP contribution in [0.2, 0.25) is 0 Å². The van der Waals surface area contributed by atoms with Gasteiger partial charge in [0.2, 0.25) is 0 Å². The van der Waals surface area contributed by atoms with Crippen LogP contribution in [0.15, 0.2) is 24.3 Å². The maximum absolute atomic E-state index is 10.3. The van der Waals surface area contributed by atoms with Gasteiger partial charge in [-0.1, -0.05) is 0 Å². The molecule has 0 aliphatic heterocycles. The molecule has 7 nitrogen and oxygen atoms in total. The van der Waals surface area contributed by atoms with E-state index in [1.165, 1.54) is 24.3 Å². The summed E-state index contributed by atoms with van der Waals surface area (Å²) in [5.74, 6) is -2.13. The number of aromatic carboxylic acids is 2. The first-order valence-electron chi connectivity index (χ1n) is 7.96. The van der Waals surface area contributed by atoms with Gasteiger partial charge in [0.05, 0.1) is 11.1 Å². The van der Waals surface area contributed by atoms with Crippen LogP contribution in [0.3, 0.4) is 0 Å². The molecule has 0 aliphatic rings. The van der Waals surface area contributed by atoms with Crippen LogP contribution in [0.5, 0.6) is 0 Å². The zero-order valence-corrected chi connectivity index (χ0v) is 17.0. The number of rotatable bonds is 8. The van der Waals surface area contributed by atoms with Crippen LogP contribution in [0.4, 0.5) is 0 Å². The van der Waals surface area contributed by atoms with Crippen molar-refractivity contribution in [3.63, 3.8) is 0 Å². The van der Waals surface area contributed by atoms with Gasteiger partial charge in [-0.25, -0.2) is 9.59 Å².